The fraction of sp³-hybridized carbons (Fsp3) is 0.571. The van der Waals surface area contributed by atoms with Gasteiger partial charge in [0.25, 0.3) is 0 Å². The number of hydrogen-bond acceptors (Lipinski definition) is 3. The van der Waals surface area contributed by atoms with Crippen LogP contribution in [0.1, 0.15) is 32.3 Å². The van der Waals surface area contributed by atoms with Crippen molar-refractivity contribution in [2.24, 2.45) is 5.73 Å². The largest absolute Gasteiger partial charge is 0.493 e. The van der Waals surface area contributed by atoms with Crippen molar-refractivity contribution >= 4 is 0 Å². The first kappa shape index (κ1) is 13.8. The van der Waals surface area contributed by atoms with E-state index in [4.69, 9.17) is 15.2 Å². The van der Waals surface area contributed by atoms with E-state index in [9.17, 15) is 0 Å². The van der Waals surface area contributed by atoms with E-state index in [0.717, 1.165) is 30.8 Å². The Morgan fingerprint density at radius 1 is 1.24 bits per heavy atom. The molecule has 0 radical (unpaired) electrons. The molecule has 1 aromatic carbocycles. The van der Waals surface area contributed by atoms with E-state index >= 15 is 0 Å². The van der Waals surface area contributed by atoms with Gasteiger partial charge in [0.15, 0.2) is 11.5 Å². The van der Waals surface area contributed by atoms with Crippen molar-refractivity contribution in [2.45, 2.75) is 39.2 Å². The van der Waals surface area contributed by atoms with E-state index in [-0.39, 0.29) is 6.04 Å². The first-order chi connectivity index (χ1) is 8.21. The van der Waals surface area contributed by atoms with Gasteiger partial charge >= 0.3 is 0 Å². The fourth-order valence-electron chi connectivity index (χ4n) is 1.62. The molecule has 0 saturated carbocycles. The van der Waals surface area contributed by atoms with E-state index in [1.54, 1.807) is 7.11 Å². The van der Waals surface area contributed by atoms with Gasteiger partial charge in [-0.3, -0.25) is 0 Å². The van der Waals surface area contributed by atoms with E-state index in [0.29, 0.717) is 6.61 Å². The summed E-state index contributed by atoms with van der Waals surface area (Å²) in [6, 6.07) is 6.24. The summed E-state index contributed by atoms with van der Waals surface area (Å²) in [6.45, 7) is 4.89. The number of rotatable bonds is 7. The van der Waals surface area contributed by atoms with Crippen molar-refractivity contribution in [1.82, 2.24) is 0 Å². The lowest BCUT2D eigenvalue weighted by atomic mass is 10.0. The third-order valence-electron chi connectivity index (χ3n) is 2.71. The minimum Gasteiger partial charge on any atom is -0.493 e. The van der Waals surface area contributed by atoms with Gasteiger partial charge in [-0.2, -0.15) is 0 Å². The maximum Gasteiger partial charge on any atom is 0.161 e. The Labute approximate surface area is 104 Å². The van der Waals surface area contributed by atoms with Crippen LogP contribution in [-0.2, 0) is 6.42 Å². The molecule has 0 aliphatic carbocycles. The normalized spacial score (nSPS) is 12.2. The molecule has 0 heterocycles. The maximum absolute atomic E-state index is 5.95. The third kappa shape index (κ3) is 4.27. The van der Waals surface area contributed by atoms with Crippen LogP contribution in [0.2, 0.25) is 0 Å². The fourth-order valence-corrected chi connectivity index (χ4v) is 1.62. The molecule has 3 heteroatoms. The second kappa shape index (κ2) is 7.17. The molecular weight excluding hydrogens is 214 g/mol. The summed E-state index contributed by atoms with van der Waals surface area (Å²) in [7, 11) is 1.66. The number of ether oxygens (including phenoxy) is 2. The summed E-state index contributed by atoms with van der Waals surface area (Å²) in [6.07, 6.45) is 2.85. The molecule has 3 nitrogen and oxygen atoms in total. The van der Waals surface area contributed by atoms with Crippen LogP contribution < -0.4 is 15.2 Å². The Morgan fingerprint density at radius 2 is 2.00 bits per heavy atom. The van der Waals surface area contributed by atoms with Gasteiger partial charge in [0.2, 0.25) is 0 Å². The number of benzene rings is 1. The zero-order valence-electron chi connectivity index (χ0n) is 11.0. The monoisotopic (exact) mass is 237 g/mol. The van der Waals surface area contributed by atoms with Crippen molar-refractivity contribution in [3.63, 3.8) is 0 Å². The summed E-state index contributed by atoms with van der Waals surface area (Å²) in [4.78, 5) is 0. The summed E-state index contributed by atoms with van der Waals surface area (Å²) in [5, 5.41) is 0. The number of hydrogen-bond donors (Lipinski definition) is 1. The summed E-state index contributed by atoms with van der Waals surface area (Å²) >= 11 is 0. The average molecular weight is 237 g/mol. The summed E-state index contributed by atoms with van der Waals surface area (Å²) < 4.78 is 10.9. The Kier molecular flexibility index (Phi) is 5.84. The zero-order chi connectivity index (χ0) is 12.7. The van der Waals surface area contributed by atoms with Gasteiger partial charge < -0.3 is 15.2 Å². The SMILES string of the molecule is CCCOc1cc(CC(N)CC)ccc1OC. The smallest absolute Gasteiger partial charge is 0.161 e. The van der Waals surface area contributed by atoms with Crippen LogP contribution in [-0.4, -0.2) is 19.8 Å². The highest BCUT2D eigenvalue weighted by atomic mass is 16.5. The minimum atomic E-state index is 0.211. The van der Waals surface area contributed by atoms with Crippen LogP contribution in [0.15, 0.2) is 18.2 Å². The summed E-state index contributed by atoms with van der Waals surface area (Å²) in [5.41, 5.74) is 7.15. The molecule has 1 atom stereocenters. The van der Waals surface area contributed by atoms with Crippen molar-refractivity contribution < 1.29 is 9.47 Å². The van der Waals surface area contributed by atoms with Crippen LogP contribution in [0.5, 0.6) is 11.5 Å². The molecule has 0 saturated heterocycles. The molecule has 0 aliphatic heterocycles. The standard InChI is InChI=1S/C14H23NO2/c1-4-8-17-14-10-11(9-12(15)5-2)6-7-13(14)16-3/h6-7,10,12H,4-5,8-9,15H2,1-3H3. The quantitative estimate of drug-likeness (QED) is 0.793. The van der Waals surface area contributed by atoms with Gasteiger partial charge in [-0.25, -0.2) is 0 Å². The Hall–Kier alpha value is -1.22. The lowest BCUT2D eigenvalue weighted by Crippen LogP contribution is -2.21. The third-order valence-corrected chi connectivity index (χ3v) is 2.71. The van der Waals surface area contributed by atoms with Crippen molar-refractivity contribution in [1.29, 1.82) is 0 Å². The molecule has 96 valence electrons. The lowest BCUT2D eigenvalue weighted by Gasteiger charge is -2.13. The molecule has 0 aromatic heterocycles. The summed E-state index contributed by atoms with van der Waals surface area (Å²) in [5.74, 6) is 1.60. The molecule has 0 spiro atoms. The van der Waals surface area contributed by atoms with E-state index < -0.39 is 0 Å². The van der Waals surface area contributed by atoms with E-state index in [1.165, 1.54) is 5.56 Å². The predicted octanol–water partition coefficient (Wildman–Crippen LogP) is 2.76. The van der Waals surface area contributed by atoms with Crippen molar-refractivity contribution in [3.8, 4) is 11.5 Å². The molecule has 1 unspecified atom stereocenters. The second-order valence-electron chi connectivity index (χ2n) is 4.21. The first-order valence-electron chi connectivity index (χ1n) is 6.26. The van der Waals surface area contributed by atoms with Crippen LogP contribution in [0.3, 0.4) is 0 Å². The molecule has 1 rings (SSSR count). The molecule has 17 heavy (non-hydrogen) atoms. The van der Waals surface area contributed by atoms with Crippen LogP contribution in [0.25, 0.3) is 0 Å². The van der Waals surface area contributed by atoms with E-state index in [1.807, 2.05) is 18.2 Å². The van der Waals surface area contributed by atoms with Gasteiger partial charge in [-0.1, -0.05) is 19.9 Å². The maximum atomic E-state index is 5.95. The highest BCUT2D eigenvalue weighted by Gasteiger charge is 2.07. The molecule has 0 amide bonds. The van der Waals surface area contributed by atoms with Crippen LogP contribution in [0, 0.1) is 0 Å². The topological polar surface area (TPSA) is 44.5 Å². The van der Waals surface area contributed by atoms with Gasteiger partial charge in [-0.05, 0) is 37.0 Å². The molecule has 0 bridgehead atoms. The van der Waals surface area contributed by atoms with Gasteiger partial charge in [-0.15, -0.1) is 0 Å². The predicted molar refractivity (Wildman–Crippen MR) is 70.8 cm³/mol. The van der Waals surface area contributed by atoms with Crippen molar-refractivity contribution in [3.05, 3.63) is 23.8 Å². The first-order valence-corrected chi connectivity index (χ1v) is 6.26. The van der Waals surface area contributed by atoms with Crippen LogP contribution in [0.4, 0.5) is 0 Å². The molecular formula is C14H23NO2. The molecule has 0 aliphatic rings. The lowest BCUT2D eigenvalue weighted by molar-refractivity contribution is 0.294. The second-order valence-corrected chi connectivity index (χ2v) is 4.21. The highest BCUT2D eigenvalue weighted by Crippen LogP contribution is 2.28. The highest BCUT2D eigenvalue weighted by molar-refractivity contribution is 5.43. The van der Waals surface area contributed by atoms with E-state index in [2.05, 4.69) is 13.8 Å². The van der Waals surface area contributed by atoms with Gasteiger partial charge in [0.1, 0.15) is 0 Å². The Morgan fingerprint density at radius 3 is 2.59 bits per heavy atom. The number of nitrogens with two attached hydrogens (primary N) is 1. The van der Waals surface area contributed by atoms with Crippen LogP contribution >= 0.6 is 0 Å². The zero-order valence-corrected chi connectivity index (χ0v) is 11.0. The molecule has 0 fully saturated rings. The number of methoxy groups -OCH3 is 1. The van der Waals surface area contributed by atoms with Gasteiger partial charge in [0, 0.05) is 6.04 Å². The minimum absolute atomic E-state index is 0.211. The van der Waals surface area contributed by atoms with Crippen molar-refractivity contribution in [2.75, 3.05) is 13.7 Å². The molecule has 2 N–H and O–H groups in total. The average Bonchev–Trinajstić information content (AvgIpc) is 2.36. The Balaban J connectivity index is 2.80. The molecule has 1 aromatic rings. The Bertz CT molecular complexity index is 339. The van der Waals surface area contributed by atoms with Gasteiger partial charge in [0.05, 0.1) is 13.7 Å².